The van der Waals surface area contributed by atoms with E-state index in [0.717, 1.165) is 17.3 Å². The molecule has 2 unspecified atom stereocenters. The molecular formula is C24H24ClF3N6O2. The van der Waals surface area contributed by atoms with Gasteiger partial charge in [0.2, 0.25) is 0 Å². The Hall–Kier alpha value is -3.34. The molecule has 0 amide bonds. The third-order valence-corrected chi connectivity index (χ3v) is 6.93. The first-order valence-corrected chi connectivity index (χ1v) is 12.0. The molecule has 2 aromatic heterocycles. The van der Waals surface area contributed by atoms with Gasteiger partial charge in [-0.15, -0.1) is 21.8 Å². The van der Waals surface area contributed by atoms with Crippen molar-refractivity contribution in [2.24, 2.45) is 0 Å². The van der Waals surface area contributed by atoms with E-state index in [9.17, 15) is 18.3 Å². The summed E-state index contributed by atoms with van der Waals surface area (Å²) in [5, 5.41) is 21.3. The number of nitrogens with zero attached hydrogens (tertiary/aromatic N) is 5. The van der Waals surface area contributed by atoms with Gasteiger partial charge in [-0.05, 0) is 24.1 Å². The van der Waals surface area contributed by atoms with E-state index in [0.29, 0.717) is 11.5 Å². The number of aromatic nitrogens is 4. The Balaban J connectivity index is 1.49. The van der Waals surface area contributed by atoms with Crippen LogP contribution in [0.3, 0.4) is 0 Å². The van der Waals surface area contributed by atoms with Gasteiger partial charge in [0.1, 0.15) is 11.6 Å². The van der Waals surface area contributed by atoms with E-state index >= 15 is 0 Å². The van der Waals surface area contributed by atoms with Crippen LogP contribution in [0.1, 0.15) is 37.4 Å². The maximum absolute atomic E-state index is 14.6. The fourth-order valence-corrected chi connectivity index (χ4v) is 5.04. The first-order valence-electron chi connectivity index (χ1n) is 11.5. The lowest BCUT2D eigenvalue weighted by Gasteiger charge is -2.43. The third kappa shape index (κ3) is 4.04. The van der Waals surface area contributed by atoms with Crippen LogP contribution in [0.25, 0.3) is 11.3 Å². The highest BCUT2D eigenvalue weighted by molar-refractivity contribution is 6.17. The lowest BCUT2D eigenvalue weighted by molar-refractivity contribution is 0.0524. The smallest absolute Gasteiger partial charge is 0.316 e. The average molecular weight is 521 g/mol. The Morgan fingerprint density at radius 3 is 2.83 bits per heavy atom. The number of alkyl halides is 3. The molecule has 2 N–H and O–H groups in total. The zero-order valence-corrected chi connectivity index (χ0v) is 20.3. The normalized spacial score (nSPS) is 20.9. The monoisotopic (exact) mass is 520 g/mol. The van der Waals surface area contributed by atoms with Crippen molar-refractivity contribution in [2.45, 2.75) is 50.1 Å². The molecule has 190 valence electrons. The Morgan fingerprint density at radius 1 is 1.31 bits per heavy atom. The molecule has 0 aliphatic carbocycles. The molecule has 12 heteroatoms. The van der Waals surface area contributed by atoms with Crippen LogP contribution in [0, 0.1) is 5.82 Å². The molecule has 2 aliphatic rings. The fraction of sp³-hybridized carbons (Fsp3) is 0.417. The molecule has 36 heavy (non-hydrogen) atoms. The second-order valence-electron chi connectivity index (χ2n) is 9.26. The zero-order chi connectivity index (χ0) is 25.6. The van der Waals surface area contributed by atoms with Gasteiger partial charge < -0.3 is 20.1 Å². The zero-order valence-electron chi connectivity index (χ0n) is 19.6. The topological polar surface area (TPSA) is 96.3 Å². The summed E-state index contributed by atoms with van der Waals surface area (Å²) in [5.41, 5.74) is 0.595. The van der Waals surface area contributed by atoms with Crippen LogP contribution in [0.5, 0.6) is 11.8 Å². The highest BCUT2D eigenvalue weighted by atomic mass is 35.5. The second-order valence-corrected chi connectivity index (χ2v) is 9.53. The van der Waals surface area contributed by atoms with Gasteiger partial charge in [0.25, 0.3) is 6.43 Å². The highest BCUT2D eigenvalue weighted by Gasteiger charge is 2.56. The molecule has 1 fully saturated rings. The number of para-hydroxylation sites is 1. The summed E-state index contributed by atoms with van der Waals surface area (Å²) < 4.78 is 49.1. The molecule has 0 spiro atoms. The summed E-state index contributed by atoms with van der Waals surface area (Å²) in [4.78, 5) is 10.3. The lowest BCUT2D eigenvalue weighted by atomic mass is 9.93. The quantitative estimate of drug-likeness (QED) is 0.450. The van der Waals surface area contributed by atoms with Gasteiger partial charge in [-0.2, -0.15) is 4.98 Å². The molecule has 1 saturated heterocycles. The average Bonchev–Trinajstić information content (AvgIpc) is 3.25. The summed E-state index contributed by atoms with van der Waals surface area (Å²) in [7, 11) is 0. The van der Waals surface area contributed by atoms with Crippen molar-refractivity contribution >= 4 is 23.1 Å². The van der Waals surface area contributed by atoms with E-state index < -0.39 is 29.6 Å². The second kappa shape index (κ2) is 9.27. The van der Waals surface area contributed by atoms with Crippen LogP contribution in [0.2, 0.25) is 0 Å². The van der Waals surface area contributed by atoms with E-state index in [1.165, 1.54) is 18.2 Å². The summed E-state index contributed by atoms with van der Waals surface area (Å²) in [6.45, 7) is 4.00. The predicted molar refractivity (Wildman–Crippen MR) is 128 cm³/mol. The van der Waals surface area contributed by atoms with Crippen molar-refractivity contribution in [1.29, 1.82) is 0 Å². The molecule has 3 aromatic rings. The molecule has 0 radical (unpaired) electrons. The molecule has 2 atom stereocenters. The molecule has 0 saturated carbocycles. The van der Waals surface area contributed by atoms with Crippen LogP contribution in [0.15, 0.2) is 30.5 Å². The maximum Gasteiger partial charge on any atom is 0.316 e. The maximum atomic E-state index is 14.6. The lowest BCUT2D eigenvalue weighted by Crippen LogP contribution is -2.57. The van der Waals surface area contributed by atoms with Gasteiger partial charge in [0, 0.05) is 30.3 Å². The molecule has 5 rings (SSSR count). The first kappa shape index (κ1) is 24.4. The number of rotatable bonds is 6. The number of anilines is 2. The number of ether oxygens (including phenoxy) is 1. The summed E-state index contributed by atoms with van der Waals surface area (Å²) in [6, 6.07) is 5.64. The standard InChI is InChI=1S/C24H24ClF3N6O2/c1-12(2)19-13(8-25)9-29-23(31-19)36-14-7-24(22(27)28)11-30-21-18(34(24)10-14)6-17(32-33-21)15-4-3-5-16(26)20(15)35/h3-6,9,12,14,22,35H,7-8,10-11H2,1-2H3,(H,30,33). The van der Waals surface area contributed by atoms with Gasteiger partial charge in [0.05, 0.1) is 29.5 Å². The Morgan fingerprint density at radius 2 is 2.11 bits per heavy atom. The molecular weight excluding hydrogens is 497 g/mol. The molecule has 1 aromatic carbocycles. The van der Waals surface area contributed by atoms with Gasteiger partial charge in [-0.3, -0.25) is 0 Å². The number of nitrogens with one attached hydrogen (secondary N) is 1. The molecule has 4 heterocycles. The third-order valence-electron chi connectivity index (χ3n) is 6.64. The summed E-state index contributed by atoms with van der Waals surface area (Å²) in [5.74, 6) is -0.749. The van der Waals surface area contributed by atoms with Crippen LogP contribution < -0.4 is 15.0 Å². The number of phenolic OH excluding ortho intramolecular Hbond substituents is 1. The van der Waals surface area contributed by atoms with E-state index in [-0.39, 0.29) is 48.6 Å². The van der Waals surface area contributed by atoms with Crippen molar-refractivity contribution in [3.8, 4) is 23.0 Å². The van der Waals surface area contributed by atoms with Crippen molar-refractivity contribution < 1.29 is 23.0 Å². The fourth-order valence-electron chi connectivity index (χ4n) is 4.84. The van der Waals surface area contributed by atoms with Crippen LogP contribution >= 0.6 is 11.6 Å². The number of fused-ring (bicyclic) bond motifs is 3. The van der Waals surface area contributed by atoms with Gasteiger partial charge >= 0.3 is 6.01 Å². The minimum atomic E-state index is -2.71. The van der Waals surface area contributed by atoms with Gasteiger partial charge in [-0.25, -0.2) is 18.2 Å². The molecule has 8 nitrogen and oxygen atoms in total. The Bertz CT molecular complexity index is 1300. The minimum absolute atomic E-state index is 0.0115. The largest absolute Gasteiger partial charge is 0.504 e. The number of benzene rings is 1. The summed E-state index contributed by atoms with van der Waals surface area (Å²) >= 11 is 5.99. The SMILES string of the molecule is CC(C)c1nc(OC2CN3c4cc(-c5cccc(F)c5O)nnc4NCC3(C(F)F)C2)ncc1CCl. The van der Waals surface area contributed by atoms with E-state index in [4.69, 9.17) is 16.3 Å². The van der Waals surface area contributed by atoms with E-state index in [1.54, 1.807) is 11.1 Å². The van der Waals surface area contributed by atoms with Gasteiger partial charge in [0.15, 0.2) is 17.4 Å². The van der Waals surface area contributed by atoms with Crippen LogP contribution in [0.4, 0.5) is 24.7 Å². The van der Waals surface area contributed by atoms with Gasteiger partial charge in [-0.1, -0.05) is 19.9 Å². The number of halogens is 4. The number of phenols is 1. The van der Waals surface area contributed by atoms with Crippen molar-refractivity contribution in [3.05, 3.63) is 47.5 Å². The predicted octanol–water partition coefficient (Wildman–Crippen LogP) is 4.73. The van der Waals surface area contributed by atoms with Crippen molar-refractivity contribution in [1.82, 2.24) is 20.2 Å². The number of hydrogen-bond donors (Lipinski definition) is 2. The van der Waals surface area contributed by atoms with Crippen molar-refractivity contribution in [3.63, 3.8) is 0 Å². The molecule has 2 aliphatic heterocycles. The van der Waals surface area contributed by atoms with E-state index in [2.05, 4.69) is 25.5 Å². The van der Waals surface area contributed by atoms with Crippen molar-refractivity contribution in [2.75, 3.05) is 23.3 Å². The Labute approximate surface area is 210 Å². The van der Waals surface area contributed by atoms with Crippen LogP contribution in [-0.4, -0.2) is 56.4 Å². The minimum Gasteiger partial charge on any atom is -0.504 e. The molecule has 0 bridgehead atoms. The van der Waals surface area contributed by atoms with E-state index in [1.807, 2.05) is 13.8 Å². The Kier molecular flexibility index (Phi) is 6.27. The first-order chi connectivity index (χ1) is 17.2. The number of hydrogen-bond acceptors (Lipinski definition) is 8. The van der Waals surface area contributed by atoms with Crippen LogP contribution in [-0.2, 0) is 5.88 Å². The number of aromatic hydroxyl groups is 1. The summed E-state index contributed by atoms with van der Waals surface area (Å²) in [6.07, 6.45) is -1.73. The highest BCUT2D eigenvalue weighted by Crippen LogP contribution is 2.46.